The van der Waals surface area contributed by atoms with E-state index in [1.165, 1.54) is 18.2 Å². The Kier molecular flexibility index (Phi) is 4.95. The molecule has 0 spiro atoms. The number of hydrogen-bond acceptors (Lipinski definition) is 5. The number of barbiturate groups is 1. The number of nitrogens with one attached hydrogen (secondary N) is 1. The zero-order valence-electron chi connectivity index (χ0n) is 13.8. The largest absolute Gasteiger partial charge is 0.479 e. The smallest absolute Gasteiger partial charge is 0.335 e. The van der Waals surface area contributed by atoms with Crippen LogP contribution in [0.3, 0.4) is 0 Å². The highest BCUT2D eigenvalue weighted by atomic mass is 19.1. The molecule has 7 nitrogen and oxygen atoms in total. The van der Waals surface area contributed by atoms with Gasteiger partial charge in [0.05, 0.1) is 5.69 Å². The SMILES string of the molecule is N#CCOc1ccc(/C=C2\C(=O)NC(=O)N(c3ccc(F)cc3)C2=O)cc1. The lowest BCUT2D eigenvalue weighted by molar-refractivity contribution is -0.122. The van der Waals surface area contributed by atoms with Gasteiger partial charge in [-0.3, -0.25) is 14.9 Å². The number of imide groups is 2. The summed E-state index contributed by atoms with van der Waals surface area (Å²) < 4.78 is 18.2. The van der Waals surface area contributed by atoms with Gasteiger partial charge in [-0.25, -0.2) is 14.1 Å². The Balaban J connectivity index is 1.89. The molecule has 8 heteroatoms. The molecule has 0 bridgehead atoms. The molecule has 1 aliphatic heterocycles. The van der Waals surface area contributed by atoms with Crippen molar-refractivity contribution in [2.24, 2.45) is 0 Å². The Morgan fingerprint density at radius 3 is 2.37 bits per heavy atom. The van der Waals surface area contributed by atoms with Crippen LogP contribution in [0.2, 0.25) is 0 Å². The van der Waals surface area contributed by atoms with Crippen LogP contribution in [0.1, 0.15) is 5.56 Å². The summed E-state index contributed by atoms with van der Waals surface area (Å²) in [6.45, 7) is -0.101. The number of rotatable bonds is 4. The Bertz CT molecular complexity index is 976. The minimum atomic E-state index is -0.908. The van der Waals surface area contributed by atoms with Crippen molar-refractivity contribution < 1.29 is 23.5 Å². The fourth-order valence-electron chi connectivity index (χ4n) is 2.42. The van der Waals surface area contributed by atoms with Crippen molar-refractivity contribution in [3.05, 3.63) is 65.5 Å². The molecule has 3 rings (SSSR count). The first-order valence-electron chi connectivity index (χ1n) is 7.76. The van der Waals surface area contributed by atoms with Crippen LogP contribution in [0.15, 0.2) is 54.1 Å². The molecule has 1 aliphatic rings. The highest BCUT2D eigenvalue weighted by Gasteiger charge is 2.36. The number of carbonyl (C=O) groups excluding carboxylic acids is 3. The van der Waals surface area contributed by atoms with Crippen LogP contribution in [0, 0.1) is 17.1 Å². The molecule has 4 amide bonds. The van der Waals surface area contributed by atoms with Gasteiger partial charge >= 0.3 is 6.03 Å². The maximum atomic E-state index is 13.1. The number of nitriles is 1. The average molecular weight is 365 g/mol. The van der Waals surface area contributed by atoms with Crippen molar-refractivity contribution in [1.82, 2.24) is 5.32 Å². The van der Waals surface area contributed by atoms with Gasteiger partial charge in [0, 0.05) is 0 Å². The Morgan fingerprint density at radius 2 is 1.74 bits per heavy atom. The van der Waals surface area contributed by atoms with E-state index in [9.17, 15) is 18.8 Å². The van der Waals surface area contributed by atoms with Crippen LogP contribution < -0.4 is 15.0 Å². The molecular weight excluding hydrogens is 353 g/mol. The number of ether oxygens (including phenoxy) is 1. The van der Waals surface area contributed by atoms with Crippen molar-refractivity contribution in [2.45, 2.75) is 0 Å². The molecule has 2 aromatic rings. The second kappa shape index (κ2) is 7.49. The zero-order valence-corrected chi connectivity index (χ0v) is 13.8. The first-order chi connectivity index (χ1) is 13.0. The molecule has 0 aliphatic carbocycles. The number of carbonyl (C=O) groups is 3. The van der Waals surface area contributed by atoms with E-state index in [4.69, 9.17) is 10.00 Å². The van der Waals surface area contributed by atoms with Crippen molar-refractivity contribution >= 4 is 29.6 Å². The van der Waals surface area contributed by atoms with Crippen molar-refractivity contribution in [3.63, 3.8) is 0 Å². The van der Waals surface area contributed by atoms with Gasteiger partial charge in [0.15, 0.2) is 6.61 Å². The molecule has 1 heterocycles. The Morgan fingerprint density at radius 1 is 1.07 bits per heavy atom. The molecule has 0 saturated carbocycles. The molecular formula is C19H12FN3O4. The second-order valence-corrected chi connectivity index (χ2v) is 5.45. The van der Waals surface area contributed by atoms with Crippen LogP contribution in [0.4, 0.5) is 14.9 Å². The molecule has 1 N–H and O–H groups in total. The molecule has 134 valence electrons. The molecule has 1 saturated heterocycles. The topological polar surface area (TPSA) is 99.5 Å². The van der Waals surface area contributed by atoms with Crippen LogP contribution >= 0.6 is 0 Å². The van der Waals surface area contributed by atoms with Gasteiger partial charge in [0.1, 0.15) is 23.2 Å². The van der Waals surface area contributed by atoms with Gasteiger partial charge in [0.25, 0.3) is 11.8 Å². The fraction of sp³-hybridized carbons (Fsp3) is 0.0526. The summed E-state index contributed by atoms with van der Waals surface area (Å²) >= 11 is 0. The quantitative estimate of drug-likeness (QED) is 0.662. The fourth-order valence-corrected chi connectivity index (χ4v) is 2.42. The predicted octanol–water partition coefficient (Wildman–Crippen LogP) is 2.39. The third-order valence-corrected chi connectivity index (χ3v) is 3.68. The second-order valence-electron chi connectivity index (χ2n) is 5.45. The standard InChI is InChI=1S/C19H12FN3O4/c20-13-3-5-14(6-4-13)23-18(25)16(17(24)22-19(23)26)11-12-1-7-15(8-2-12)27-10-9-21/h1-8,11H,10H2,(H,22,24,26)/b16-11+. The van der Waals surface area contributed by atoms with E-state index >= 15 is 0 Å². The first-order valence-corrected chi connectivity index (χ1v) is 7.76. The van der Waals surface area contributed by atoms with Crippen LogP contribution in [0.5, 0.6) is 5.75 Å². The van der Waals surface area contributed by atoms with Crippen LogP contribution in [-0.4, -0.2) is 24.5 Å². The number of benzene rings is 2. The lowest BCUT2D eigenvalue weighted by Gasteiger charge is -2.26. The third kappa shape index (κ3) is 3.82. The van der Waals surface area contributed by atoms with Gasteiger partial charge in [0.2, 0.25) is 0 Å². The van der Waals surface area contributed by atoms with Gasteiger partial charge in [-0.05, 0) is 48.0 Å². The summed E-state index contributed by atoms with van der Waals surface area (Å²) in [5.74, 6) is -1.70. The van der Waals surface area contributed by atoms with Gasteiger partial charge < -0.3 is 4.74 Å². The molecule has 0 unspecified atom stereocenters. The van der Waals surface area contributed by atoms with Crippen molar-refractivity contribution in [1.29, 1.82) is 5.26 Å². The van der Waals surface area contributed by atoms with Crippen molar-refractivity contribution in [3.8, 4) is 11.8 Å². The number of hydrogen-bond donors (Lipinski definition) is 1. The lowest BCUT2D eigenvalue weighted by Crippen LogP contribution is -2.54. The van der Waals surface area contributed by atoms with Gasteiger partial charge in [-0.1, -0.05) is 12.1 Å². The summed E-state index contributed by atoms with van der Waals surface area (Å²) in [4.78, 5) is 37.6. The van der Waals surface area contributed by atoms with E-state index in [1.807, 2.05) is 6.07 Å². The maximum absolute atomic E-state index is 13.1. The normalized spacial score (nSPS) is 15.5. The lowest BCUT2D eigenvalue weighted by atomic mass is 10.1. The number of anilines is 1. The Hall–Kier alpha value is -3.99. The summed E-state index contributed by atoms with van der Waals surface area (Å²) in [6, 6.07) is 12.0. The zero-order chi connectivity index (χ0) is 19.4. The van der Waals surface area contributed by atoms with Crippen LogP contribution in [-0.2, 0) is 9.59 Å². The highest BCUT2D eigenvalue weighted by molar-refractivity contribution is 6.39. The molecule has 27 heavy (non-hydrogen) atoms. The van der Waals surface area contributed by atoms with E-state index in [2.05, 4.69) is 5.32 Å². The van der Waals surface area contributed by atoms with Gasteiger partial charge in [-0.15, -0.1) is 0 Å². The van der Waals surface area contributed by atoms with E-state index in [-0.39, 0.29) is 17.9 Å². The van der Waals surface area contributed by atoms with Crippen LogP contribution in [0.25, 0.3) is 6.08 Å². The number of nitrogens with zero attached hydrogens (tertiary/aromatic N) is 2. The minimum Gasteiger partial charge on any atom is -0.479 e. The van der Waals surface area contributed by atoms with Gasteiger partial charge in [-0.2, -0.15) is 5.26 Å². The van der Waals surface area contributed by atoms with E-state index in [0.29, 0.717) is 11.3 Å². The summed E-state index contributed by atoms with van der Waals surface area (Å²) in [7, 11) is 0. The first kappa shape index (κ1) is 17.8. The summed E-state index contributed by atoms with van der Waals surface area (Å²) in [5, 5.41) is 10.6. The van der Waals surface area contributed by atoms with Crippen molar-refractivity contribution in [2.75, 3.05) is 11.5 Å². The average Bonchev–Trinajstić information content (AvgIpc) is 2.66. The predicted molar refractivity (Wildman–Crippen MR) is 93.0 cm³/mol. The van der Waals surface area contributed by atoms with E-state index in [1.54, 1.807) is 24.3 Å². The third-order valence-electron chi connectivity index (χ3n) is 3.68. The maximum Gasteiger partial charge on any atom is 0.335 e. The van der Waals surface area contributed by atoms with E-state index < -0.39 is 23.7 Å². The molecule has 0 atom stereocenters. The summed E-state index contributed by atoms with van der Waals surface area (Å²) in [5.41, 5.74) is 0.411. The highest BCUT2D eigenvalue weighted by Crippen LogP contribution is 2.22. The number of amides is 4. The summed E-state index contributed by atoms with van der Waals surface area (Å²) in [6.07, 6.45) is 1.33. The molecule has 0 aromatic heterocycles. The monoisotopic (exact) mass is 365 g/mol. The minimum absolute atomic E-state index is 0.101. The molecule has 0 radical (unpaired) electrons. The molecule has 2 aromatic carbocycles. The molecule has 1 fully saturated rings. The van der Waals surface area contributed by atoms with E-state index in [0.717, 1.165) is 17.0 Å². The Labute approximate surface area is 153 Å². The number of urea groups is 1. The number of halogens is 1.